The molecule has 0 radical (unpaired) electrons. The number of carbonyl (C=O) groups excluding carboxylic acids is 1. The van der Waals surface area contributed by atoms with Crippen LogP contribution in [0, 0.1) is 13.8 Å². The number of hydrogen-bond acceptors (Lipinski definition) is 4. The Hall–Kier alpha value is -2.24. The Labute approximate surface area is 167 Å². The Morgan fingerprint density at radius 1 is 1.25 bits per heavy atom. The predicted octanol–water partition coefficient (Wildman–Crippen LogP) is 2.77. The van der Waals surface area contributed by atoms with Gasteiger partial charge in [-0.05, 0) is 62.3 Å². The average Bonchev–Trinajstić information content (AvgIpc) is 2.68. The van der Waals surface area contributed by atoms with E-state index < -0.39 is 5.60 Å². The van der Waals surface area contributed by atoms with E-state index >= 15 is 0 Å². The summed E-state index contributed by atoms with van der Waals surface area (Å²) < 4.78 is 0. The van der Waals surface area contributed by atoms with Crippen molar-refractivity contribution < 1.29 is 9.90 Å². The lowest BCUT2D eigenvalue weighted by molar-refractivity contribution is -0.156. The second kappa shape index (κ2) is 9.30. The van der Waals surface area contributed by atoms with Gasteiger partial charge in [0.1, 0.15) is 0 Å². The number of nitrogens with one attached hydrogen (secondary N) is 1. The van der Waals surface area contributed by atoms with Gasteiger partial charge in [-0.25, -0.2) is 0 Å². The van der Waals surface area contributed by atoms with Crippen LogP contribution < -0.4 is 5.32 Å². The standard InChI is InChI=1S/C23H31N3O2/c1-18-14-19(2)25-16-21(18)15-24-17-23(28)11-7-13-26(22(23)27)12-6-10-20-8-4-3-5-9-20/h3-5,8-9,14,16,24,28H,6-7,10-13,15,17H2,1-2H3. The maximum atomic E-state index is 12.9. The molecule has 150 valence electrons. The van der Waals surface area contributed by atoms with Crippen molar-refractivity contribution in [3.8, 4) is 0 Å². The highest BCUT2D eigenvalue weighted by molar-refractivity contribution is 5.86. The van der Waals surface area contributed by atoms with Gasteiger partial charge in [-0.3, -0.25) is 9.78 Å². The summed E-state index contributed by atoms with van der Waals surface area (Å²) in [5.41, 5.74) is 3.23. The predicted molar refractivity (Wildman–Crippen MR) is 111 cm³/mol. The van der Waals surface area contributed by atoms with Gasteiger partial charge in [-0.15, -0.1) is 0 Å². The van der Waals surface area contributed by atoms with E-state index in [9.17, 15) is 9.90 Å². The van der Waals surface area contributed by atoms with Crippen molar-refractivity contribution in [1.29, 1.82) is 0 Å². The van der Waals surface area contributed by atoms with E-state index in [4.69, 9.17) is 0 Å². The number of aliphatic hydroxyl groups is 1. The second-order valence-corrected chi connectivity index (χ2v) is 7.87. The first-order chi connectivity index (χ1) is 13.5. The number of likely N-dealkylation sites (tertiary alicyclic amines) is 1. The molecule has 28 heavy (non-hydrogen) atoms. The largest absolute Gasteiger partial charge is 0.379 e. The lowest BCUT2D eigenvalue weighted by Gasteiger charge is -2.38. The van der Waals surface area contributed by atoms with E-state index in [-0.39, 0.29) is 12.5 Å². The molecule has 0 saturated carbocycles. The molecule has 0 bridgehead atoms. The number of pyridine rings is 1. The van der Waals surface area contributed by atoms with Crippen molar-refractivity contribution in [3.63, 3.8) is 0 Å². The number of aromatic nitrogens is 1. The number of piperidine rings is 1. The minimum absolute atomic E-state index is 0.141. The molecule has 1 aliphatic rings. The van der Waals surface area contributed by atoms with Crippen LogP contribution in [0.5, 0.6) is 0 Å². The lowest BCUT2D eigenvalue weighted by atomic mass is 9.91. The number of hydrogen-bond donors (Lipinski definition) is 2. The topological polar surface area (TPSA) is 65.5 Å². The molecule has 1 aromatic heterocycles. The molecule has 0 spiro atoms. The van der Waals surface area contributed by atoms with E-state index in [1.54, 1.807) is 0 Å². The van der Waals surface area contributed by atoms with E-state index in [1.807, 2.05) is 42.3 Å². The van der Waals surface area contributed by atoms with Gasteiger partial charge in [0.05, 0.1) is 0 Å². The normalized spacial score (nSPS) is 19.8. The summed E-state index contributed by atoms with van der Waals surface area (Å²) in [7, 11) is 0. The van der Waals surface area contributed by atoms with Gasteiger partial charge in [0.15, 0.2) is 5.60 Å². The molecule has 1 unspecified atom stereocenters. The van der Waals surface area contributed by atoms with E-state index in [0.717, 1.165) is 37.1 Å². The minimum Gasteiger partial charge on any atom is -0.379 e. The fraction of sp³-hybridized carbons (Fsp3) is 0.478. The molecular weight excluding hydrogens is 350 g/mol. The van der Waals surface area contributed by atoms with Crippen LogP contribution in [0.4, 0.5) is 0 Å². The smallest absolute Gasteiger partial charge is 0.255 e. The van der Waals surface area contributed by atoms with Gasteiger partial charge < -0.3 is 15.3 Å². The summed E-state index contributed by atoms with van der Waals surface area (Å²) in [6.07, 6.45) is 5.06. The van der Waals surface area contributed by atoms with Crippen LogP contribution in [-0.4, -0.2) is 46.1 Å². The number of rotatable bonds is 8. The highest BCUT2D eigenvalue weighted by Crippen LogP contribution is 2.23. The zero-order valence-electron chi connectivity index (χ0n) is 16.9. The zero-order valence-corrected chi connectivity index (χ0v) is 16.9. The Kier molecular flexibility index (Phi) is 6.81. The monoisotopic (exact) mass is 381 g/mol. The van der Waals surface area contributed by atoms with E-state index in [1.165, 1.54) is 11.1 Å². The van der Waals surface area contributed by atoms with Crippen molar-refractivity contribution in [2.45, 2.75) is 51.7 Å². The molecule has 1 atom stereocenters. The molecule has 5 nitrogen and oxygen atoms in total. The Bertz CT molecular complexity index is 794. The number of nitrogens with zero attached hydrogens (tertiary/aromatic N) is 2. The van der Waals surface area contributed by atoms with E-state index in [2.05, 4.69) is 29.4 Å². The van der Waals surface area contributed by atoms with Crippen LogP contribution in [0.15, 0.2) is 42.6 Å². The minimum atomic E-state index is -1.31. The molecule has 3 rings (SSSR count). The maximum Gasteiger partial charge on any atom is 0.255 e. The first-order valence-electron chi connectivity index (χ1n) is 10.2. The SMILES string of the molecule is Cc1cc(C)c(CNCC2(O)CCCN(CCCc3ccccc3)C2=O)cn1. The number of aryl methyl sites for hydroxylation is 3. The third kappa shape index (κ3) is 5.18. The average molecular weight is 382 g/mol. The fourth-order valence-corrected chi connectivity index (χ4v) is 3.88. The quantitative estimate of drug-likeness (QED) is 0.738. The molecule has 1 fully saturated rings. The second-order valence-electron chi connectivity index (χ2n) is 7.87. The molecule has 0 aliphatic carbocycles. The molecule has 2 aromatic rings. The highest BCUT2D eigenvalue weighted by atomic mass is 16.3. The summed E-state index contributed by atoms with van der Waals surface area (Å²) >= 11 is 0. The Balaban J connectivity index is 1.50. The van der Waals surface area contributed by atoms with Crippen molar-refractivity contribution in [2.75, 3.05) is 19.6 Å². The van der Waals surface area contributed by atoms with Gasteiger partial charge >= 0.3 is 0 Å². The molecule has 1 aliphatic heterocycles. The fourth-order valence-electron chi connectivity index (χ4n) is 3.88. The third-order valence-electron chi connectivity index (χ3n) is 5.53. The summed E-state index contributed by atoms with van der Waals surface area (Å²) in [6, 6.07) is 12.4. The molecular formula is C23H31N3O2. The molecule has 5 heteroatoms. The van der Waals surface area contributed by atoms with Gasteiger partial charge in [0, 0.05) is 38.1 Å². The Morgan fingerprint density at radius 2 is 2.04 bits per heavy atom. The molecule has 1 saturated heterocycles. The van der Waals surface area contributed by atoms with Crippen LogP contribution in [-0.2, 0) is 17.8 Å². The van der Waals surface area contributed by atoms with Crippen molar-refractivity contribution in [2.24, 2.45) is 0 Å². The van der Waals surface area contributed by atoms with Crippen molar-refractivity contribution in [1.82, 2.24) is 15.2 Å². The molecule has 2 heterocycles. The van der Waals surface area contributed by atoms with E-state index in [0.29, 0.717) is 19.5 Å². The van der Waals surface area contributed by atoms with Crippen molar-refractivity contribution >= 4 is 5.91 Å². The highest BCUT2D eigenvalue weighted by Gasteiger charge is 2.41. The van der Waals surface area contributed by atoms with Crippen LogP contribution >= 0.6 is 0 Å². The third-order valence-corrected chi connectivity index (χ3v) is 5.53. The number of carbonyl (C=O) groups is 1. The molecule has 1 aromatic carbocycles. The lowest BCUT2D eigenvalue weighted by Crippen LogP contribution is -2.58. The molecule has 2 N–H and O–H groups in total. The van der Waals surface area contributed by atoms with Crippen LogP contribution in [0.25, 0.3) is 0 Å². The van der Waals surface area contributed by atoms with Crippen molar-refractivity contribution in [3.05, 3.63) is 65.0 Å². The van der Waals surface area contributed by atoms with Gasteiger partial charge in [0.2, 0.25) is 0 Å². The zero-order chi connectivity index (χ0) is 20.0. The van der Waals surface area contributed by atoms with Crippen LogP contribution in [0.2, 0.25) is 0 Å². The maximum absolute atomic E-state index is 12.9. The first kappa shape index (κ1) is 20.5. The summed E-state index contributed by atoms with van der Waals surface area (Å²) in [4.78, 5) is 19.0. The van der Waals surface area contributed by atoms with Crippen LogP contribution in [0.1, 0.15) is 41.6 Å². The Morgan fingerprint density at radius 3 is 2.79 bits per heavy atom. The summed E-state index contributed by atoms with van der Waals surface area (Å²) in [6.45, 7) is 6.33. The number of amides is 1. The summed E-state index contributed by atoms with van der Waals surface area (Å²) in [5.74, 6) is -0.141. The van der Waals surface area contributed by atoms with Gasteiger partial charge in [-0.1, -0.05) is 30.3 Å². The van der Waals surface area contributed by atoms with Crippen LogP contribution in [0.3, 0.4) is 0 Å². The van der Waals surface area contributed by atoms with Gasteiger partial charge in [-0.2, -0.15) is 0 Å². The first-order valence-corrected chi connectivity index (χ1v) is 10.2. The molecule has 1 amide bonds. The summed E-state index contributed by atoms with van der Waals surface area (Å²) in [5, 5.41) is 14.2. The van der Waals surface area contributed by atoms with Gasteiger partial charge in [0.25, 0.3) is 5.91 Å². The number of benzene rings is 1.